The van der Waals surface area contributed by atoms with Gasteiger partial charge in [-0.3, -0.25) is 4.79 Å². The van der Waals surface area contributed by atoms with E-state index in [-0.39, 0.29) is 12.5 Å². The second-order valence-corrected chi connectivity index (χ2v) is 13.8. The van der Waals surface area contributed by atoms with Crippen LogP contribution in [0.25, 0.3) is 0 Å². The van der Waals surface area contributed by atoms with Gasteiger partial charge in [0, 0.05) is 6.42 Å². The number of hydrogen-bond donors (Lipinski definition) is 4. The van der Waals surface area contributed by atoms with Gasteiger partial charge in [0.05, 0.1) is 18.8 Å². The quantitative estimate of drug-likeness (QED) is 0.0397. The van der Waals surface area contributed by atoms with Gasteiger partial charge in [-0.1, -0.05) is 153 Å². The maximum atomic E-state index is 12.4. The Hall–Kier alpha value is -1.43. The minimum absolute atomic E-state index is 0.165. The number of nitrogens with one attached hydrogen (secondary N) is 1. The third-order valence-corrected chi connectivity index (χ3v) is 9.19. The van der Waals surface area contributed by atoms with E-state index in [1.807, 2.05) is 0 Å². The Bertz CT molecular complexity index is 734. The van der Waals surface area contributed by atoms with E-state index >= 15 is 0 Å². The summed E-state index contributed by atoms with van der Waals surface area (Å²) in [5, 5.41) is 33.4. The highest BCUT2D eigenvalue weighted by molar-refractivity contribution is 5.76. The number of rotatable bonds is 36. The van der Waals surface area contributed by atoms with Crippen LogP contribution in [0.4, 0.5) is 0 Å². The molecule has 0 spiro atoms. The van der Waals surface area contributed by atoms with E-state index in [0.717, 1.165) is 44.9 Å². The summed E-state index contributed by atoms with van der Waals surface area (Å²) in [7, 11) is 0. The lowest BCUT2D eigenvalue weighted by Crippen LogP contribution is -2.50. The SMILES string of the molecule is CCCCCC/C=C\CCCCCCCCCC(=O)NC(CO)C(O)C(O)CCC/C=C/CC/C=C/CCCCCCCCCCC. The fourth-order valence-corrected chi connectivity index (χ4v) is 5.99. The molecule has 5 heteroatoms. The Labute approximate surface area is 292 Å². The van der Waals surface area contributed by atoms with Crippen LogP contribution >= 0.6 is 0 Å². The van der Waals surface area contributed by atoms with Gasteiger partial charge >= 0.3 is 0 Å². The molecule has 0 heterocycles. The maximum absolute atomic E-state index is 12.4. The largest absolute Gasteiger partial charge is 0.394 e. The molecular formula is C42H79NO4. The normalized spacial score (nSPS) is 14.1. The molecule has 47 heavy (non-hydrogen) atoms. The van der Waals surface area contributed by atoms with Crippen LogP contribution in [0.5, 0.6) is 0 Å². The average molecular weight is 662 g/mol. The van der Waals surface area contributed by atoms with Gasteiger partial charge in [0.2, 0.25) is 5.91 Å². The zero-order chi connectivity index (χ0) is 34.5. The second kappa shape index (κ2) is 37.4. The number of allylic oxidation sites excluding steroid dienone is 6. The summed E-state index contributed by atoms with van der Waals surface area (Å²) in [6, 6.07) is -0.833. The molecule has 0 fully saturated rings. The Kier molecular flexibility index (Phi) is 36.3. The van der Waals surface area contributed by atoms with Crippen molar-refractivity contribution in [2.24, 2.45) is 0 Å². The first-order valence-corrected chi connectivity index (χ1v) is 20.3. The molecule has 0 aromatic heterocycles. The molecule has 4 N–H and O–H groups in total. The van der Waals surface area contributed by atoms with E-state index < -0.39 is 18.2 Å². The molecule has 1 amide bonds. The minimum Gasteiger partial charge on any atom is -0.394 e. The molecule has 0 aliphatic rings. The molecule has 0 aliphatic heterocycles. The summed E-state index contributed by atoms with van der Waals surface area (Å²) >= 11 is 0. The van der Waals surface area contributed by atoms with E-state index in [0.29, 0.717) is 12.8 Å². The van der Waals surface area contributed by atoms with Crippen molar-refractivity contribution in [2.75, 3.05) is 6.61 Å². The number of unbranched alkanes of at least 4 members (excludes halogenated alkanes) is 22. The van der Waals surface area contributed by atoms with Crippen molar-refractivity contribution in [1.29, 1.82) is 0 Å². The number of amides is 1. The van der Waals surface area contributed by atoms with Gasteiger partial charge in [-0.05, 0) is 77.0 Å². The van der Waals surface area contributed by atoms with Crippen molar-refractivity contribution in [2.45, 2.75) is 218 Å². The van der Waals surface area contributed by atoms with Gasteiger partial charge in [-0.2, -0.15) is 0 Å². The van der Waals surface area contributed by atoms with E-state index in [1.54, 1.807) is 0 Å². The standard InChI is InChI=1S/C42H79NO4/c1-3-5-7-9-11-13-15-17-19-20-21-23-24-26-28-30-32-34-36-40(45)42(47)39(38-44)43-41(46)37-35-33-31-29-27-25-22-18-16-14-12-10-8-6-4-2/h14,16,21,23,28,30,39-40,42,44-45,47H,3-13,15,17-20,22,24-27,29,31-38H2,1-2H3,(H,43,46)/b16-14-,23-21+,30-28+. The van der Waals surface area contributed by atoms with Crippen molar-refractivity contribution < 1.29 is 20.1 Å². The summed E-state index contributed by atoms with van der Waals surface area (Å²) in [6.07, 6.45) is 45.3. The first-order chi connectivity index (χ1) is 23.1. The van der Waals surface area contributed by atoms with Crippen molar-refractivity contribution in [1.82, 2.24) is 5.32 Å². The number of aliphatic hydroxyl groups excluding tert-OH is 3. The van der Waals surface area contributed by atoms with E-state index in [9.17, 15) is 20.1 Å². The van der Waals surface area contributed by atoms with Crippen LogP contribution < -0.4 is 5.32 Å². The monoisotopic (exact) mass is 662 g/mol. The lowest BCUT2D eigenvalue weighted by molar-refractivity contribution is -0.124. The molecule has 0 aromatic rings. The van der Waals surface area contributed by atoms with Gasteiger partial charge in [0.15, 0.2) is 0 Å². The lowest BCUT2D eigenvalue weighted by atomic mass is 10.0. The van der Waals surface area contributed by atoms with Crippen LogP contribution in [0.15, 0.2) is 36.5 Å². The zero-order valence-corrected chi connectivity index (χ0v) is 31.2. The summed E-state index contributed by atoms with van der Waals surface area (Å²) in [5.74, 6) is -0.165. The number of aliphatic hydroxyl groups is 3. The number of hydrogen-bond acceptors (Lipinski definition) is 4. The van der Waals surface area contributed by atoms with Crippen molar-refractivity contribution in [3.8, 4) is 0 Å². The summed E-state index contributed by atoms with van der Waals surface area (Å²) in [5.41, 5.74) is 0. The smallest absolute Gasteiger partial charge is 0.220 e. The molecule has 5 nitrogen and oxygen atoms in total. The Morgan fingerprint density at radius 1 is 0.511 bits per heavy atom. The zero-order valence-electron chi connectivity index (χ0n) is 31.2. The molecule has 0 rings (SSSR count). The topological polar surface area (TPSA) is 89.8 Å². The fourth-order valence-electron chi connectivity index (χ4n) is 5.99. The van der Waals surface area contributed by atoms with Gasteiger partial charge in [0.25, 0.3) is 0 Å². The Balaban J connectivity index is 3.75. The molecule has 3 atom stereocenters. The number of carbonyl (C=O) groups is 1. The Morgan fingerprint density at radius 3 is 1.32 bits per heavy atom. The third-order valence-electron chi connectivity index (χ3n) is 9.19. The van der Waals surface area contributed by atoms with Crippen LogP contribution in [0.1, 0.15) is 200 Å². The second-order valence-electron chi connectivity index (χ2n) is 13.8. The highest BCUT2D eigenvalue weighted by atomic mass is 16.3. The molecule has 0 saturated carbocycles. The average Bonchev–Trinajstić information content (AvgIpc) is 3.07. The predicted molar refractivity (Wildman–Crippen MR) is 204 cm³/mol. The highest BCUT2D eigenvalue weighted by Crippen LogP contribution is 2.14. The predicted octanol–water partition coefficient (Wildman–Crippen LogP) is 11.2. The van der Waals surface area contributed by atoms with Crippen molar-refractivity contribution in [3.05, 3.63) is 36.5 Å². The van der Waals surface area contributed by atoms with Gasteiger partial charge in [0.1, 0.15) is 6.10 Å². The molecular weight excluding hydrogens is 582 g/mol. The molecule has 3 unspecified atom stereocenters. The molecule has 276 valence electrons. The number of carbonyl (C=O) groups excluding carboxylic acids is 1. The van der Waals surface area contributed by atoms with E-state index in [4.69, 9.17) is 0 Å². The molecule has 0 radical (unpaired) electrons. The lowest BCUT2D eigenvalue weighted by Gasteiger charge is -2.26. The van der Waals surface area contributed by atoms with E-state index in [2.05, 4.69) is 55.6 Å². The Morgan fingerprint density at radius 2 is 0.872 bits per heavy atom. The van der Waals surface area contributed by atoms with Crippen LogP contribution in [0.3, 0.4) is 0 Å². The fraction of sp³-hybridized carbons (Fsp3) is 0.833. The van der Waals surface area contributed by atoms with Crippen molar-refractivity contribution in [3.63, 3.8) is 0 Å². The van der Waals surface area contributed by atoms with Gasteiger partial charge in [-0.25, -0.2) is 0 Å². The van der Waals surface area contributed by atoms with Crippen LogP contribution in [0.2, 0.25) is 0 Å². The summed E-state index contributed by atoms with van der Waals surface area (Å²) < 4.78 is 0. The van der Waals surface area contributed by atoms with Crippen LogP contribution in [-0.4, -0.2) is 46.1 Å². The molecule has 0 aromatic carbocycles. The molecule has 0 saturated heterocycles. The molecule has 0 bridgehead atoms. The van der Waals surface area contributed by atoms with Crippen LogP contribution in [-0.2, 0) is 4.79 Å². The summed E-state index contributed by atoms with van der Waals surface area (Å²) in [6.45, 7) is 4.14. The third kappa shape index (κ3) is 32.9. The first-order valence-electron chi connectivity index (χ1n) is 20.3. The summed E-state index contributed by atoms with van der Waals surface area (Å²) in [4.78, 5) is 12.4. The van der Waals surface area contributed by atoms with E-state index in [1.165, 1.54) is 128 Å². The maximum Gasteiger partial charge on any atom is 0.220 e. The minimum atomic E-state index is -1.17. The first kappa shape index (κ1) is 45.6. The van der Waals surface area contributed by atoms with Crippen molar-refractivity contribution >= 4 is 5.91 Å². The molecule has 0 aliphatic carbocycles. The van der Waals surface area contributed by atoms with Crippen LogP contribution in [0, 0.1) is 0 Å². The van der Waals surface area contributed by atoms with Gasteiger partial charge in [-0.15, -0.1) is 0 Å². The van der Waals surface area contributed by atoms with Gasteiger partial charge < -0.3 is 20.6 Å². The highest BCUT2D eigenvalue weighted by Gasteiger charge is 2.26.